The second-order valence-corrected chi connectivity index (χ2v) is 9.75. The SMILES string of the molecule is Cc1ccc(NC(=O)C(C)OC(=O)c2ccc(C)c(S(=O)(=O)N3CCCCC3)c2)cc1. The zero-order valence-corrected chi connectivity index (χ0v) is 18.9. The highest BCUT2D eigenvalue weighted by Gasteiger charge is 2.28. The van der Waals surface area contributed by atoms with E-state index in [4.69, 9.17) is 4.74 Å². The van der Waals surface area contributed by atoms with Crippen LogP contribution in [0.1, 0.15) is 47.7 Å². The number of hydrogen-bond acceptors (Lipinski definition) is 5. The molecule has 0 aliphatic carbocycles. The molecule has 31 heavy (non-hydrogen) atoms. The maximum atomic E-state index is 13.1. The Morgan fingerprint density at radius 1 is 1.00 bits per heavy atom. The molecule has 0 bridgehead atoms. The van der Waals surface area contributed by atoms with E-state index in [-0.39, 0.29) is 10.5 Å². The Morgan fingerprint density at radius 2 is 1.65 bits per heavy atom. The van der Waals surface area contributed by atoms with Crippen LogP contribution in [0, 0.1) is 13.8 Å². The van der Waals surface area contributed by atoms with Crippen LogP contribution in [-0.4, -0.2) is 43.8 Å². The fourth-order valence-electron chi connectivity index (χ4n) is 3.41. The molecule has 1 N–H and O–H groups in total. The summed E-state index contributed by atoms with van der Waals surface area (Å²) in [4.78, 5) is 25.1. The van der Waals surface area contributed by atoms with Crippen molar-refractivity contribution in [2.75, 3.05) is 18.4 Å². The number of amides is 1. The van der Waals surface area contributed by atoms with Crippen LogP contribution >= 0.6 is 0 Å². The second-order valence-electron chi connectivity index (χ2n) is 7.85. The smallest absolute Gasteiger partial charge is 0.338 e. The quantitative estimate of drug-likeness (QED) is 0.687. The first-order valence-corrected chi connectivity index (χ1v) is 11.8. The van der Waals surface area contributed by atoms with Crippen LogP contribution in [-0.2, 0) is 19.6 Å². The molecule has 0 aromatic heterocycles. The number of benzene rings is 2. The maximum absolute atomic E-state index is 13.1. The standard InChI is InChI=1S/C23H28N2O5S/c1-16-7-11-20(12-8-16)24-22(26)18(3)30-23(27)19-10-9-17(2)21(15-19)31(28,29)25-13-5-4-6-14-25/h7-12,15,18H,4-6,13-14H2,1-3H3,(H,24,26). The average Bonchev–Trinajstić information content (AvgIpc) is 2.76. The number of esters is 1. The number of anilines is 1. The molecule has 166 valence electrons. The van der Waals surface area contributed by atoms with Gasteiger partial charge in [0, 0.05) is 18.8 Å². The third-order valence-corrected chi connectivity index (χ3v) is 7.37. The first-order valence-electron chi connectivity index (χ1n) is 10.4. The Balaban J connectivity index is 1.72. The van der Waals surface area contributed by atoms with Gasteiger partial charge in [0.05, 0.1) is 10.5 Å². The molecule has 1 aliphatic heterocycles. The number of piperidine rings is 1. The van der Waals surface area contributed by atoms with Crippen LogP contribution in [0.25, 0.3) is 0 Å². The van der Waals surface area contributed by atoms with Crippen LogP contribution in [0.5, 0.6) is 0 Å². The first kappa shape index (κ1) is 23.0. The van der Waals surface area contributed by atoms with E-state index in [1.165, 1.54) is 23.4 Å². The minimum Gasteiger partial charge on any atom is -0.449 e. The maximum Gasteiger partial charge on any atom is 0.338 e. The van der Waals surface area contributed by atoms with Crippen molar-refractivity contribution >= 4 is 27.6 Å². The van der Waals surface area contributed by atoms with E-state index >= 15 is 0 Å². The zero-order valence-electron chi connectivity index (χ0n) is 18.1. The van der Waals surface area contributed by atoms with Gasteiger partial charge in [0.2, 0.25) is 10.0 Å². The van der Waals surface area contributed by atoms with Gasteiger partial charge in [-0.15, -0.1) is 0 Å². The normalized spacial score (nSPS) is 15.8. The molecule has 1 heterocycles. The molecule has 7 nitrogen and oxygen atoms in total. The van der Waals surface area contributed by atoms with E-state index in [0.717, 1.165) is 24.8 Å². The van der Waals surface area contributed by atoms with Gasteiger partial charge in [0.25, 0.3) is 5.91 Å². The minimum atomic E-state index is -3.69. The van der Waals surface area contributed by atoms with Crippen LogP contribution in [0.4, 0.5) is 5.69 Å². The molecule has 1 aliphatic rings. The summed E-state index contributed by atoms with van der Waals surface area (Å²) in [6, 6.07) is 11.7. The summed E-state index contributed by atoms with van der Waals surface area (Å²) in [7, 11) is -3.69. The Labute approximate surface area is 183 Å². The van der Waals surface area contributed by atoms with Gasteiger partial charge in [-0.25, -0.2) is 13.2 Å². The average molecular weight is 445 g/mol. The van der Waals surface area contributed by atoms with Crippen LogP contribution in [0.3, 0.4) is 0 Å². The molecule has 1 fully saturated rings. The van der Waals surface area contributed by atoms with Crippen molar-refractivity contribution in [1.82, 2.24) is 4.31 Å². The molecule has 1 atom stereocenters. The van der Waals surface area contributed by atoms with Crippen molar-refractivity contribution in [3.05, 3.63) is 59.2 Å². The summed E-state index contributed by atoms with van der Waals surface area (Å²) in [5, 5.41) is 2.69. The molecule has 8 heteroatoms. The van der Waals surface area contributed by atoms with Crippen LogP contribution < -0.4 is 5.32 Å². The lowest BCUT2D eigenvalue weighted by Crippen LogP contribution is -2.36. The second kappa shape index (κ2) is 9.62. The summed E-state index contributed by atoms with van der Waals surface area (Å²) in [5.41, 5.74) is 2.32. The van der Waals surface area contributed by atoms with Gasteiger partial charge in [-0.05, 0) is 63.4 Å². The highest BCUT2D eigenvalue weighted by Crippen LogP contribution is 2.25. The van der Waals surface area contributed by atoms with Gasteiger partial charge in [0.1, 0.15) is 0 Å². The molecule has 0 spiro atoms. The Bertz CT molecular complexity index is 1060. The number of nitrogens with zero attached hydrogens (tertiary/aromatic N) is 1. The number of rotatable bonds is 6. The van der Waals surface area contributed by atoms with Crippen LogP contribution in [0.15, 0.2) is 47.4 Å². The number of hydrogen-bond donors (Lipinski definition) is 1. The third kappa shape index (κ3) is 5.51. The summed E-state index contributed by atoms with van der Waals surface area (Å²) in [6.07, 6.45) is 1.62. The molecule has 3 rings (SSSR count). The molecule has 2 aromatic carbocycles. The Morgan fingerprint density at radius 3 is 2.29 bits per heavy atom. The highest BCUT2D eigenvalue weighted by molar-refractivity contribution is 7.89. The Hall–Kier alpha value is -2.71. The molecule has 1 unspecified atom stereocenters. The van der Waals surface area contributed by atoms with E-state index < -0.39 is 28.0 Å². The third-order valence-electron chi connectivity index (χ3n) is 5.33. The van der Waals surface area contributed by atoms with Crippen molar-refractivity contribution in [3.63, 3.8) is 0 Å². The van der Waals surface area contributed by atoms with Crippen LogP contribution in [0.2, 0.25) is 0 Å². The number of carbonyl (C=O) groups is 2. The summed E-state index contributed by atoms with van der Waals surface area (Å²) in [6.45, 7) is 6.07. The number of carbonyl (C=O) groups excluding carboxylic acids is 2. The monoisotopic (exact) mass is 444 g/mol. The molecule has 2 aromatic rings. The van der Waals surface area contributed by atoms with Gasteiger partial charge < -0.3 is 10.1 Å². The molecule has 0 radical (unpaired) electrons. The molecular formula is C23H28N2O5S. The van der Waals surface area contributed by atoms with Crippen molar-refractivity contribution < 1.29 is 22.7 Å². The van der Waals surface area contributed by atoms with E-state index in [1.54, 1.807) is 25.1 Å². The zero-order chi connectivity index (χ0) is 22.6. The fraction of sp³-hybridized carbons (Fsp3) is 0.391. The van der Waals surface area contributed by atoms with E-state index in [9.17, 15) is 18.0 Å². The largest absolute Gasteiger partial charge is 0.449 e. The van der Waals surface area contributed by atoms with Gasteiger partial charge in [0.15, 0.2) is 6.10 Å². The molecule has 1 saturated heterocycles. The number of nitrogens with one attached hydrogen (secondary N) is 1. The lowest BCUT2D eigenvalue weighted by Gasteiger charge is -2.26. The summed E-state index contributed by atoms with van der Waals surface area (Å²) >= 11 is 0. The summed E-state index contributed by atoms with van der Waals surface area (Å²) < 4.78 is 32.9. The van der Waals surface area contributed by atoms with Gasteiger partial charge in [-0.1, -0.05) is 30.2 Å². The van der Waals surface area contributed by atoms with Gasteiger partial charge in [-0.2, -0.15) is 4.31 Å². The van der Waals surface area contributed by atoms with Crippen molar-refractivity contribution in [2.24, 2.45) is 0 Å². The molecule has 0 saturated carbocycles. The van der Waals surface area contributed by atoms with Gasteiger partial charge >= 0.3 is 5.97 Å². The molecular weight excluding hydrogens is 416 g/mol. The highest BCUT2D eigenvalue weighted by atomic mass is 32.2. The fourth-order valence-corrected chi connectivity index (χ4v) is 5.18. The first-order chi connectivity index (χ1) is 14.7. The predicted molar refractivity (Wildman–Crippen MR) is 118 cm³/mol. The summed E-state index contributed by atoms with van der Waals surface area (Å²) in [5.74, 6) is -1.22. The topological polar surface area (TPSA) is 92.8 Å². The van der Waals surface area contributed by atoms with Crippen molar-refractivity contribution in [2.45, 2.75) is 51.0 Å². The van der Waals surface area contributed by atoms with E-state index in [2.05, 4.69) is 5.32 Å². The number of ether oxygens (including phenoxy) is 1. The molecule has 1 amide bonds. The number of sulfonamides is 1. The van der Waals surface area contributed by atoms with Crippen molar-refractivity contribution in [1.29, 1.82) is 0 Å². The number of aryl methyl sites for hydroxylation is 2. The minimum absolute atomic E-state index is 0.0937. The van der Waals surface area contributed by atoms with E-state index in [1.807, 2.05) is 19.1 Å². The van der Waals surface area contributed by atoms with E-state index in [0.29, 0.717) is 24.3 Å². The predicted octanol–water partition coefficient (Wildman–Crippen LogP) is 3.66. The van der Waals surface area contributed by atoms with Crippen molar-refractivity contribution in [3.8, 4) is 0 Å². The lowest BCUT2D eigenvalue weighted by molar-refractivity contribution is -0.123. The Kier molecular flexibility index (Phi) is 7.12. The van der Waals surface area contributed by atoms with Gasteiger partial charge in [-0.3, -0.25) is 4.79 Å². The lowest BCUT2D eigenvalue weighted by atomic mass is 10.1.